The quantitative estimate of drug-likeness (QED) is 0.487. The van der Waals surface area contributed by atoms with E-state index in [1.54, 1.807) is 41.3 Å². The lowest BCUT2D eigenvalue weighted by Gasteiger charge is -2.26. The third-order valence-electron chi connectivity index (χ3n) is 5.56. The number of halogens is 3. The number of fused-ring (bicyclic) bond motifs is 2. The van der Waals surface area contributed by atoms with Crippen molar-refractivity contribution in [1.82, 2.24) is 14.5 Å². The maximum absolute atomic E-state index is 13.6. The Morgan fingerprint density at radius 3 is 2.50 bits per heavy atom. The molecule has 1 N–H and O–H groups in total. The van der Waals surface area contributed by atoms with Crippen molar-refractivity contribution in [3.8, 4) is 0 Å². The van der Waals surface area contributed by atoms with Crippen molar-refractivity contribution in [1.29, 1.82) is 0 Å². The summed E-state index contributed by atoms with van der Waals surface area (Å²) in [6.45, 7) is 0.821. The Morgan fingerprint density at radius 2 is 1.74 bits per heavy atom. The summed E-state index contributed by atoms with van der Waals surface area (Å²) in [5, 5.41) is 3.08. The highest BCUT2D eigenvalue weighted by Crippen LogP contribution is 2.34. The molecule has 5 rings (SSSR count). The zero-order valence-corrected chi connectivity index (χ0v) is 17.8. The van der Waals surface area contributed by atoms with Gasteiger partial charge in [-0.15, -0.1) is 0 Å². The fraction of sp³-hybridized carbons (Fsp3) is 0.261. The molecule has 11 heteroatoms. The Morgan fingerprint density at radius 1 is 1.03 bits per heavy atom. The number of hydrogen-bond acceptors (Lipinski definition) is 5. The van der Waals surface area contributed by atoms with Gasteiger partial charge >= 0.3 is 6.18 Å². The number of amides is 2. The third kappa shape index (κ3) is 3.98. The molecule has 34 heavy (non-hydrogen) atoms. The number of ether oxygens (including phenoxy) is 1. The summed E-state index contributed by atoms with van der Waals surface area (Å²) >= 11 is 0. The van der Waals surface area contributed by atoms with Crippen LogP contribution < -0.4 is 5.32 Å². The van der Waals surface area contributed by atoms with E-state index in [4.69, 9.17) is 9.15 Å². The van der Waals surface area contributed by atoms with Crippen molar-refractivity contribution in [2.24, 2.45) is 0 Å². The number of nitrogens with zero attached hydrogens (tertiary/aromatic N) is 3. The summed E-state index contributed by atoms with van der Waals surface area (Å²) in [7, 11) is 0. The van der Waals surface area contributed by atoms with Gasteiger partial charge in [0.05, 0.1) is 24.2 Å². The number of rotatable bonds is 4. The highest BCUT2D eigenvalue weighted by Gasteiger charge is 2.38. The summed E-state index contributed by atoms with van der Waals surface area (Å²) in [5.74, 6) is -2.44. The van der Waals surface area contributed by atoms with Crippen LogP contribution in [0, 0.1) is 0 Å². The number of carbonyl (C=O) groups is 2. The largest absolute Gasteiger partial charge is 0.449 e. The molecule has 1 saturated heterocycles. The van der Waals surface area contributed by atoms with E-state index in [-0.39, 0.29) is 22.5 Å². The first-order chi connectivity index (χ1) is 16.3. The molecule has 2 amide bonds. The molecule has 176 valence electrons. The molecular weight excluding hydrogens is 453 g/mol. The van der Waals surface area contributed by atoms with Crippen molar-refractivity contribution < 1.29 is 31.9 Å². The lowest BCUT2D eigenvalue weighted by molar-refractivity contribution is -0.147. The van der Waals surface area contributed by atoms with Crippen LogP contribution in [0.5, 0.6) is 0 Å². The molecule has 0 unspecified atom stereocenters. The number of aromatic nitrogens is 2. The van der Waals surface area contributed by atoms with Crippen LogP contribution in [0.3, 0.4) is 0 Å². The molecule has 0 aliphatic carbocycles. The van der Waals surface area contributed by atoms with Crippen LogP contribution in [0.1, 0.15) is 16.4 Å². The van der Waals surface area contributed by atoms with Gasteiger partial charge in [-0.1, -0.05) is 24.3 Å². The van der Waals surface area contributed by atoms with E-state index >= 15 is 0 Å². The van der Waals surface area contributed by atoms with Gasteiger partial charge in [-0.25, -0.2) is 4.98 Å². The van der Waals surface area contributed by atoms with Gasteiger partial charge in [-0.05, 0) is 24.3 Å². The van der Waals surface area contributed by atoms with Crippen LogP contribution in [-0.2, 0) is 22.3 Å². The zero-order valence-electron chi connectivity index (χ0n) is 17.8. The van der Waals surface area contributed by atoms with Crippen LogP contribution >= 0.6 is 0 Å². The minimum Gasteiger partial charge on any atom is -0.449 e. The maximum atomic E-state index is 13.6. The van der Waals surface area contributed by atoms with Crippen LogP contribution in [0.4, 0.5) is 18.9 Å². The van der Waals surface area contributed by atoms with Crippen molar-refractivity contribution in [3.05, 3.63) is 60.1 Å². The number of carbonyl (C=O) groups excluding carboxylic acids is 2. The monoisotopic (exact) mass is 472 g/mol. The van der Waals surface area contributed by atoms with Crippen LogP contribution in [-0.4, -0.2) is 52.6 Å². The Kier molecular flexibility index (Phi) is 5.48. The Hall–Kier alpha value is -3.86. The number of alkyl halides is 3. The van der Waals surface area contributed by atoms with Gasteiger partial charge in [0, 0.05) is 18.5 Å². The Labute approximate surface area is 190 Å². The lowest BCUT2D eigenvalue weighted by atomic mass is 10.2. The predicted octanol–water partition coefficient (Wildman–Crippen LogP) is 3.91. The number of benzene rings is 2. The van der Waals surface area contributed by atoms with Gasteiger partial charge in [0.15, 0.2) is 0 Å². The average Bonchev–Trinajstić information content (AvgIpc) is 3.38. The zero-order chi connectivity index (χ0) is 23.9. The minimum absolute atomic E-state index is 0.0806. The molecule has 1 aliphatic rings. The molecule has 8 nitrogen and oxygen atoms in total. The normalized spacial score (nSPS) is 14.6. The molecule has 1 aliphatic heterocycles. The van der Waals surface area contributed by atoms with Crippen molar-refractivity contribution in [3.63, 3.8) is 0 Å². The second-order valence-corrected chi connectivity index (χ2v) is 7.76. The van der Waals surface area contributed by atoms with E-state index in [0.717, 1.165) is 4.57 Å². The van der Waals surface area contributed by atoms with E-state index < -0.39 is 30.4 Å². The van der Waals surface area contributed by atoms with Crippen molar-refractivity contribution in [2.75, 3.05) is 31.6 Å². The van der Waals surface area contributed by atoms with Crippen molar-refractivity contribution >= 4 is 39.5 Å². The molecule has 1 fully saturated rings. The molecule has 0 saturated carbocycles. The molecule has 2 aromatic carbocycles. The van der Waals surface area contributed by atoms with Gasteiger partial charge in [-0.2, -0.15) is 13.2 Å². The van der Waals surface area contributed by atoms with Gasteiger partial charge in [0.25, 0.3) is 5.91 Å². The number of morpholine rings is 1. The fourth-order valence-electron chi connectivity index (χ4n) is 4.00. The number of hydrogen-bond donors (Lipinski definition) is 1. The van der Waals surface area contributed by atoms with Gasteiger partial charge in [0.1, 0.15) is 17.8 Å². The summed E-state index contributed by atoms with van der Waals surface area (Å²) in [6.07, 6.45) is -4.75. The molecule has 0 bridgehead atoms. The molecule has 0 atom stereocenters. The van der Waals surface area contributed by atoms with Crippen molar-refractivity contribution in [2.45, 2.75) is 12.7 Å². The molecule has 0 spiro atoms. The Balaban J connectivity index is 1.50. The minimum atomic E-state index is -4.75. The molecular formula is C23H19F3N4O4. The smallest absolute Gasteiger partial charge is 0.449 e. The van der Waals surface area contributed by atoms with Crippen LogP contribution in [0.2, 0.25) is 0 Å². The first-order valence-corrected chi connectivity index (χ1v) is 10.5. The van der Waals surface area contributed by atoms with E-state index in [1.807, 2.05) is 0 Å². The van der Waals surface area contributed by atoms with E-state index in [2.05, 4.69) is 10.3 Å². The lowest BCUT2D eigenvalue weighted by Crippen LogP contribution is -2.40. The average molecular weight is 472 g/mol. The number of nitrogens with one attached hydrogen (secondary N) is 1. The highest BCUT2D eigenvalue weighted by molar-refractivity contribution is 6.10. The van der Waals surface area contributed by atoms with E-state index in [0.29, 0.717) is 37.3 Å². The number of imidazole rings is 1. The van der Waals surface area contributed by atoms with E-state index in [1.165, 1.54) is 12.1 Å². The second-order valence-electron chi connectivity index (χ2n) is 7.76. The standard InChI is InChI=1S/C23H19F3N4O4/c24-23(25,26)22-27-15-6-2-3-7-16(15)30(22)13-18(31)28-19-14-5-1-4-8-17(14)34-20(19)21(32)29-9-11-33-12-10-29/h1-8H,9-13H2,(H,28,31). The molecule has 2 aromatic heterocycles. The first kappa shape index (κ1) is 22.0. The summed E-state index contributed by atoms with van der Waals surface area (Å²) in [5.41, 5.74) is 0.791. The first-order valence-electron chi connectivity index (χ1n) is 10.5. The Bertz CT molecular complexity index is 1390. The maximum Gasteiger partial charge on any atom is 0.449 e. The molecule has 0 radical (unpaired) electrons. The number of anilines is 1. The van der Waals surface area contributed by atoms with Crippen LogP contribution in [0.15, 0.2) is 52.9 Å². The predicted molar refractivity (Wildman–Crippen MR) is 116 cm³/mol. The number of furan rings is 1. The third-order valence-corrected chi connectivity index (χ3v) is 5.56. The fourth-order valence-corrected chi connectivity index (χ4v) is 4.00. The van der Waals surface area contributed by atoms with E-state index in [9.17, 15) is 22.8 Å². The number of para-hydroxylation sites is 3. The van der Waals surface area contributed by atoms with Gasteiger partial charge < -0.3 is 23.9 Å². The van der Waals surface area contributed by atoms with Gasteiger partial charge in [0.2, 0.25) is 17.5 Å². The summed E-state index contributed by atoms with van der Waals surface area (Å²) in [6, 6.07) is 12.8. The van der Waals surface area contributed by atoms with Crippen LogP contribution in [0.25, 0.3) is 22.0 Å². The van der Waals surface area contributed by atoms with Gasteiger partial charge in [-0.3, -0.25) is 9.59 Å². The topological polar surface area (TPSA) is 89.6 Å². The molecule has 4 aromatic rings. The summed E-state index contributed by atoms with van der Waals surface area (Å²) < 4.78 is 52.7. The highest BCUT2D eigenvalue weighted by atomic mass is 19.4. The SMILES string of the molecule is O=C(Cn1c(C(F)(F)F)nc2ccccc21)Nc1c(C(=O)N2CCOCC2)oc2ccccc12. The molecule has 3 heterocycles. The summed E-state index contributed by atoms with van der Waals surface area (Å²) in [4.78, 5) is 31.3. The second kappa shape index (κ2) is 8.49.